The van der Waals surface area contributed by atoms with Gasteiger partial charge in [0.25, 0.3) is 0 Å². The molecule has 3 aromatic rings. The number of nitrogens with one attached hydrogen (secondary N) is 2. The Morgan fingerprint density at radius 3 is 2.73 bits per heavy atom. The molecule has 1 aromatic heterocycles. The lowest BCUT2D eigenvalue weighted by Gasteiger charge is -2.06. The van der Waals surface area contributed by atoms with Crippen LogP contribution in [0.5, 0.6) is 0 Å². The SMILES string of the molecule is CCCNCc1ccc(NC(=O)/C=C/c2ccccc2-c2cnn(C3CC3)c2)cc1. The van der Waals surface area contributed by atoms with E-state index in [0.29, 0.717) is 6.04 Å². The Morgan fingerprint density at radius 1 is 1.17 bits per heavy atom. The van der Waals surface area contributed by atoms with Gasteiger partial charge in [-0.15, -0.1) is 0 Å². The van der Waals surface area contributed by atoms with Crippen molar-refractivity contribution in [1.29, 1.82) is 0 Å². The standard InChI is InChI=1S/C25H28N4O/c1-2-15-26-16-19-7-10-22(11-8-19)28-25(30)14-9-20-5-3-4-6-24(20)21-17-27-29(18-21)23-12-13-23/h3-11,14,17-18,23,26H,2,12-13,15-16H2,1H3,(H,28,30)/b14-9+. The molecule has 5 heteroatoms. The van der Waals surface area contributed by atoms with Crippen LogP contribution in [0.25, 0.3) is 17.2 Å². The minimum Gasteiger partial charge on any atom is -0.323 e. The smallest absolute Gasteiger partial charge is 0.248 e. The fraction of sp³-hybridized carbons (Fsp3) is 0.280. The summed E-state index contributed by atoms with van der Waals surface area (Å²) in [7, 11) is 0. The van der Waals surface area contributed by atoms with Crippen molar-refractivity contribution >= 4 is 17.7 Å². The molecule has 0 bridgehead atoms. The Balaban J connectivity index is 1.39. The topological polar surface area (TPSA) is 58.9 Å². The van der Waals surface area contributed by atoms with Crippen LogP contribution >= 0.6 is 0 Å². The van der Waals surface area contributed by atoms with E-state index in [9.17, 15) is 4.79 Å². The molecule has 1 aliphatic carbocycles. The normalized spacial score (nSPS) is 13.6. The molecule has 1 saturated carbocycles. The fourth-order valence-electron chi connectivity index (χ4n) is 3.39. The van der Waals surface area contributed by atoms with Crippen LogP contribution in [-0.2, 0) is 11.3 Å². The van der Waals surface area contributed by atoms with Gasteiger partial charge in [-0.2, -0.15) is 5.10 Å². The molecule has 2 N–H and O–H groups in total. The van der Waals surface area contributed by atoms with Gasteiger partial charge in [-0.1, -0.05) is 43.3 Å². The molecule has 0 atom stereocenters. The van der Waals surface area contributed by atoms with Crippen molar-refractivity contribution in [2.75, 3.05) is 11.9 Å². The fourth-order valence-corrected chi connectivity index (χ4v) is 3.39. The minimum atomic E-state index is -0.143. The molecule has 5 nitrogen and oxygen atoms in total. The molecule has 1 heterocycles. The molecule has 0 unspecified atom stereocenters. The summed E-state index contributed by atoms with van der Waals surface area (Å²) < 4.78 is 2.05. The summed E-state index contributed by atoms with van der Waals surface area (Å²) in [5, 5.41) is 10.8. The number of amides is 1. The van der Waals surface area contributed by atoms with Gasteiger partial charge < -0.3 is 10.6 Å². The van der Waals surface area contributed by atoms with Crippen molar-refractivity contribution in [3.05, 3.63) is 78.1 Å². The van der Waals surface area contributed by atoms with Gasteiger partial charge in [0.1, 0.15) is 0 Å². The molecule has 0 radical (unpaired) electrons. The van der Waals surface area contributed by atoms with Crippen molar-refractivity contribution in [2.45, 2.75) is 38.8 Å². The van der Waals surface area contributed by atoms with Crippen LogP contribution in [0.3, 0.4) is 0 Å². The molecule has 30 heavy (non-hydrogen) atoms. The van der Waals surface area contributed by atoms with Crippen LogP contribution in [0.15, 0.2) is 67.0 Å². The van der Waals surface area contributed by atoms with Crippen LogP contribution < -0.4 is 10.6 Å². The van der Waals surface area contributed by atoms with E-state index in [-0.39, 0.29) is 5.91 Å². The Kier molecular flexibility index (Phi) is 6.40. The lowest BCUT2D eigenvalue weighted by molar-refractivity contribution is -0.111. The molecule has 154 valence electrons. The highest BCUT2D eigenvalue weighted by molar-refractivity contribution is 6.02. The minimum absolute atomic E-state index is 0.143. The maximum absolute atomic E-state index is 12.4. The summed E-state index contributed by atoms with van der Waals surface area (Å²) in [6.45, 7) is 4.00. The molecular weight excluding hydrogens is 372 g/mol. The van der Waals surface area contributed by atoms with E-state index in [1.165, 1.54) is 18.4 Å². The first-order chi connectivity index (χ1) is 14.7. The highest BCUT2D eigenvalue weighted by atomic mass is 16.1. The third-order valence-corrected chi connectivity index (χ3v) is 5.19. The predicted molar refractivity (Wildman–Crippen MR) is 122 cm³/mol. The summed E-state index contributed by atoms with van der Waals surface area (Å²) in [4.78, 5) is 12.4. The second-order valence-electron chi connectivity index (χ2n) is 7.72. The molecule has 1 aliphatic rings. The maximum Gasteiger partial charge on any atom is 0.248 e. The first-order valence-corrected chi connectivity index (χ1v) is 10.6. The van der Waals surface area contributed by atoms with Crippen molar-refractivity contribution in [3.63, 3.8) is 0 Å². The van der Waals surface area contributed by atoms with Gasteiger partial charge in [-0.25, -0.2) is 0 Å². The van der Waals surface area contributed by atoms with Crippen molar-refractivity contribution in [3.8, 4) is 11.1 Å². The number of aromatic nitrogens is 2. The molecule has 1 amide bonds. The highest BCUT2D eigenvalue weighted by Gasteiger charge is 2.24. The van der Waals surface area contributed by atoms with E-state index in [1.807, 2.05) is 59.4 Å². The summed E-state index contributed by atoms with van der Waals surface area (Å²) in [5.74, 6) is -0.143. The number of hydrogen-bond donors (Lipinski definition) is 2. The number of anilines is 1. The predicted octanol–water partition coefficient (Wildman–Crippen LogP) is 5.04. The average molecular weight is 401 g/mol. The molecular formula is C25H28N4O. The van der Waals surface area contributed by atoms with Crippen LogP contribution in [-0.4, -0.2) is 22.2 Å². The Bertz CT molecular complexity index is 1020. The second kappa shape index (κ2) is 9.55. The third-order valence-electron chi connectivity index (χ3n) is 5.19. The van der Waals surface area contributed by atoms with Gasteiger partial charge in [-0.3, -0.25) is 9.48 Å². The van der Waals surface area contributed by atoms with Gasteiger partial charge in [0.15, 0.2) is 0 Å². The number of nitrogens with zero attached hydrogens (tertiary/aromatic N) is 2. The monoisotopic (exact) mass is 400 g/mol. The summed E-state index contributed by atoms with van der Waals surface area (Å²) in [6, 6.07) is 16.6. The largest absolute Gasteiger partial charge is 0.323 e. The average Bonchev–Trinajstić information content (AvgIpc) is 3.51. The van der Waals surface area contributed by atoms with Crippen LogP contribution in [0.1, 0.15) is 43.4 Å². The number of hydrogen-bond acceptors (Lipinski definition) is 3. The summed E-state index contributed by atoms with van der Waals surface area (Å²) in [6.07, 6.45) is 11.0. The van der Waals surface area contributed by atoms with Crippen LogP contribution in [0.2, 0.25) is 0 Å². The second-order valence-corrected chi connectivity index (χ2v) is 7.72. The Labute approximate surface area is 177 Å². The molecule has 2 aromatic carbocycles. The molecule has 1 fully saturated rings. The number of carbonyl (C=O) groups excluding carboxylic acids is 1. The molecule has 0 aliphatic heterocycles. The molecule has 0 saturated heterocycles. The van der Waals surface area contributed by atoms with Gasteiger partial charge in [0.05, 0.1) is 12.2 Å². The van der Waals surface area contributed by atoms with E-state index >= 15 is 0 Å². The zero-order valence-corrected chi connectivity index (χ0v) is 17.3. The summed E-state index contributed by atoms with van der Waals surface area (Å²) in [5.41, 5.74) is 5.16. The lowest BCUT2D eigenvalue weighted by atomic mass is 10.0. The van der Waals surface area contributed by atoms with Crippen LogP contribution in [0, 0.1) is 0 Å². The first-order valence-electron chi connectivity index (χ1n) is 10.6. The summed E-state index contributed by atoms with van der Waals surface area (Å²) >= 11 is 0. The van der Waals surface area contributed by atoms with Crippen molar-refractivity contribution in [1.82, 2.24) is 15.1 Å². The third kappa shape index (κ3) is 5.24. The van der Waals surface area contributed by atoms with E-state index in [2.05, 4.69) is 34.9 Å². The lowest BCUT2D eigenvalue weighted by Crippen LogP contribution is -2.13. The van der Waals surface area contributed by atoms with E-state index in [0.717, 1.165) is 41.9 Å². The van der Waals surface area contributed by atoms with E-state index in [1.54, 1.807) is 6.08 Å². The van der Waals surface area contributed by atoms with Crippen molar-refractivity contribution in [2.24, 2.45) is 0 Å². The first kappa shape index (κ1) is 20.1. The van der Waals surface area contributed by atoms with E-state index in [4.69, 9.17) is 0 Å². The highest BCUT2D eigenvalue weighted by Crippen LogP contribution is 2.35. The quantitative estimate of drug-likeness (QED) is 0.391. The van der Waals surface area contributed by atoms with Gasteiger partial charge in [-0.05, 0) is 60.7 Å². The Morgan fingerprint density at radius 2 is 1.97 bits per heavy atom. The van der Waals surface area contributed by atoms with Gasteiger partial charge in [0, 0.05) is 30.1 Å². The van der Waals surface area contributed by atoms with Gasteiger partial charge in [0.2, 0.25) is 5.91 Å². The van der Waals surface area contributed by atoms with Crippen LogP contribution in [0.4, 0.5) is 5.69 Å². The molecule has 4 rings (SSSR count). The number of carbonyl (C=O) groups is 1. The number of rotatable bonds is 9. The molecule has 0 spiro atoms. The Hall–Kier alpha value is -3.18. The zero-order chi connectivity index (χ0) is 20.8. The van der Waals surface area contributed by atoms with Crippen molar-refractivity contribution < 1.29 is 4.79 Å². The maximum atomic E-state index is 12.4. The number of benzene rings is 2. The zero-order valence-electron chi connectivity index (χ0n) is 17.3. The van der Waals surface area contributed by atoms with E-state index < -0.39 is 0 Å². The van der Waals surface area contributed by atoms with Gasteiger partial charge >= 0.3 is 0 Å².